The summed E-state index contributed by atoms with van der Waals surface area (Å²) in [6, 6.07) is 0. The van der Waals surface area contributed by atoms with Crippen LogP contribution in [0.5, 0.6) is 0 Å². The Morgan fingerprint density at radius 2 is 1.50 bits per heavy atom. The van der Waals surface area contributed by atoms with Gasteiger partial charge in [-0.1, -0.05) is 43.6 Å². The first-order valence-electron chi connectivity index (χ1n) is 7.68. The zero-order chi connectivity index (χ0) is 15.3. The molecule has 0 rings (SSSR count). The number of ether oxygens (including phenoxy) is 1. The molecule has 0 aromatic carbocycles. The van der Waals surface area contributed by atoms with Gasteiger partial charge in [-0.25, -0.2) is 0 Å². The highest BCUT2D eigenvalue weighted by molar-refractivity contribution is 5.69. The van der Waals surface area contributed by atoms with Crippen molar-refractivity contribution in [2.45, 2.75) is 84.2 Å². The Morgan fingerprint density at radius 1 is 1.00 bits per heavy atom. The van der Waals surface area contributed by atoms with Gasteiger partial charge in [-0.3, -0.25) is 4.79 Å². The number of carbonyl (C=O) groups excluding carboxylic acids is 1. The van der Waals surface area contributed by atoms with Crippen LogP contribution in [0.4, 0.5) is 0 Å². The predicted molar refractivity (Wildman–Crippen MR) is 81.4 cm³/mol. The van der Waals surface area contributed by atoms with Crippen LogP contribution in [0.1, 0.15) is 78.6 Å². The summed E-state index contributed by atoms with van der Waals surface area (Å²) >= 11 is 0. The quantitative estimate of drug-likeness (QED) is 0.173. The summed E-state index contributed by atoms with van der Waals surface area (Å²) in [5.41, 5.74) is 7.75. The minimum absolute atomic E-state index is 0.0875. The van der Waals surface area contributed by atoms with Gasteiger partial charge in [0.2, 0.25) is 0 Å². The topological polar surface area (TPSA) is 75.1 Å². The standard InChI is InChI=1S/C15H29N3O2/c1-15(2,3)20-14(19)12-10-8-6-4-5-7-9-11-13-17-18-16/h4-13H2,1-3H3. The van der Waals surface area contributed by atoms with Crippen LogP contribution in [0.2, 0.25) is 0 Å². The average Bonchev–Trinajstić information content (AvgIpc) is 2.34. The summed E-state index contributed by atoms with van der Waals surface area (Å²) in [4.78, 5) is 14.2. The van der Waals surface area contributed by atoms with Crippen molar-refractivity contribution in [2.75, 3.05) is 6.54 Å². The molecule has 0 atom stereocenters. The normalized spacial score (nSPS) is 10.9. The lowest BCUT2D eigenvalue weighted by atomic mass is 10.1. The SMILES string of the molecule is CC(C)(C)OC(=O)CCCCCCCCCCN=[N+]=[N-]. The number of unbranched alkanes of at least 4 members (excludes halogenated alkanes) is 7. The Balaban J connectivity index is 3.24. The van der Waals surface area contributed by atoms with Gasteiger partial charge in [0.1, 0.15) is 5.60 Å². The molecule has 0 aliphatic rings. The van der Waals surface area contributed by atoms with Crippen LogP contribution in [-0.4, -0.2) is 18.1 Å². The van der Waals surface area contributed by atoms with Crippen LogP contribution in [0.25, 0.3) is 10.4 Å². The van der Waals surface area contributed by atoms with E-state index >= 15 is 0 Å². The molecule has 0 radical (unpaired) electrons. The molecule has 0 saturated heterocycles. The fourth-order valence-corrected chi connectivity index (χ4v) is 1.95. The van der Waals surface area contributed by atoms with Crippen molar-refractivity contribution in [3.63, 3.8) is 0 Å². The molecular formula is C15H29N3O2. The first kappa shape index (κ1) is 18.8. The van der Waals surface area contributed by atoms with Gasteiger partial charge in [0.15, 0.2) is 0 Å². The molecule has 0 bridgehead atoms. The molecule has 5 heteroatoms. The number of rotatable bonds is 11. The molecule has 0 spiro atoms. The summed E-state index contributed by atoms with van der Waals surface area (Å²) < 4.78 is 5.26. The van der Waals surface area contributed by atoms with Gasteiger partial charge in [0, 0.05) is 17.9 Å². The molecule has 0 aliphatic heterocycles. The third kappa shape index (κ3) is 14.8. The monoisotopic (exact) mass is 283 g/mol. The van der Waals surface area contributed by atoms with Crippen LogP contribution >= 0.6 is 0 Å². The molecule has 0 aromatic heterocycles. The molecule has 0 saturated carbocycles. The van der Waals surface area contributed by atoms with Crippen LogP contribution in [0, 0.1) is 0 Å². The van der Waals surface area contributed by atoms with E-state index in [0.29, 0.717) is 13.0 Å². The summed E-state index contributed by atoms with van der Waals surface area (Å²) in [5, 5.41) is 3.51. The lowest BCUT2D eigenvalue weighted by Gasteiger charge is -2.19. The summed E-state index contributed by atoms with van der Waals surface area (Å²) in [7, 11) is 0. The van der Waals surface area contributed by atoms with Crippen molar-refractivity contribution >= 4 is 5.97 Å². The largest absolute Gasteiger partial charge is 0.460 e. The number of hydrogen-bond acceptors (Lipinski definition) is 3. The Kier molecular flexibility index (Phi) is 10.9. The Labute approximate surface area is 122 Å². The highest BCUT2D eigenvalue weighted by Gasteiger charge is 2.15. The van der Waals surface area contributed by atoms with Gasteiger partial charge in [0.05, 0.1) is 0 Å². The van der Waals surface area contributed by atoms with Crippen molar-refractivity contribution in [1.29, 1.82) is 0 Å². The number of carbonyl (C=O) groups is 1. The smallest absolute Gasteiger partial charge is 0.306 e. The van der Waals surface area contributed by atoms with Gasteiger partial charge < -0.3 is 4.74 Å². The molecule has 116 valence electrons. The first-order chi connectivity index (χ1) is 9.45. The minimum atomic E-state index is -0.368. The maximum Gasteiger partial charge on any atom is 0.306 e. The van der Waals surface area contributed by atoms with Crippen LogP contribution in [0.15, 0.2) is 5.11 Å². The van der Waals surface area contributed by atoms with Crippen LogP contribution in [0.3, 0.4) is 0 Å². The van der Waals surface area contributed by atoms with E-state index in [0.717, 1.165) is 25.7 Å². The van der Waals surface area contributed by atoms with Gasteiger partial charge in [-0.15, -0.1) is 0 Å². The van der Waals surface area contributed by atoms with E-state index in [4.69, 9.17) is 10.3 Å². The average molecular weight is 283 g/mol. The molecule has 0 amide bonds. The summed E-state index contributed by atoms with van der Waals surface area (Å²) in [5.74, 6) is -0.0875. The van der Waals surface area contributed by atoms with Crippen molar-refractivity contribution in [3.05, 3.63) is 10.4 Å². The highest BCUT2D eigenvalue weighted by atomic mass is 16.6. The van der Waals surface area contributed by atoms with Gasteiger partial charge in [0.25, 0.3) is 0 Å². The molecule has 0 heterocycles. The van der Waals surface area contributed by atoms with E-state index in [-0.39, 0.29) is 11.6 Å². The molecule has 0 N–H and O–H groups in total. The van der Waals surface area contributed by atoms with E-state index in [1.54, 1.807) is 0 Å². The van der Waals surface area contributed by atoms with Crippen molar-refractivity contribution < 1.29 is 9.53 Å². The van der Waals surface area contributed by atoms with E-state index in [9.17, 15) is 4.79 Å². The number of esters is 1. The lowest BCUT2D eigenvalue weighted by Crippen LogP contribution is -2.23. The van der Waals surface area contributed by atoms with E-state index in [1.165, 1.54) is 25.7 Å². The molecule has 0 fully saturated rings. The molecular weight excluding hydrogens is 254 g/mol. The fourth-order valence-electron chi connectivity index (χ4n) is 1.95. The van der Waals surface area contributed by atoms with Crippen molar-refractivity contribution in [3.8, 4) is 0 Å². The van der Waals surface area contributed by atoms with E-state index in [1.807, 2.05) is 20.8 Å². The molecule has 20 heavy (non-hydrogen) atoms. The Hall–Kier alpha value is -1.22. The van der Waals surface area contributed by atoms with Crippen LogP contribution in [-0.2, 0) is 9.53 Å². The molecule has 0 aromatic rings. The Morgan fingerprint density at radius 3 is 2.00 bits per heavy atom. The highest BCUT2D eigenvalue weighted by Crippen LogP contribution is 2.12. The molecule has 0 unspecified atom stereocenters. The lowest BCUT2D eigenvalue weighted by molar-refractivity contribution is -0.154. The summed E-state index contributed by atoms with van der Waals surface area (Å²) in [6.07, 6.45) is 9.50. The second-order valence-electron chi connectivity index (χ2n) is 6.12. The second-order valence-corrected chi connectivity index (χ2v) is 6.12. The second kappa shape index (κ2) is 11.6. The number of nitrogens with zero attached hydrogens (tertiary/aromatic N) is 3. The third-order valence-corrected chi connectivity index (χ3v) is 2.87. The van der Waals surface area contributed by atoms with Crippen molar-refractivity contribution in [1.82, 2.24) is 0 Å². The maximum absolute atomic E-state index is 11.5. The predicted octanol–water partition coefficient (Wildman–Crippen LogP) is 5.15. The number of azide groups is 1. The van der Waals surface area contributed by atoms with Crippen molar-refractivity contribution in [2.24, 2.45) is 5.11 Å². The van der Waals surface area contributed by atoms with E-state index in [2.05, 4.69) is 10.0 Å². The minimum Gasteiger partial charge on any atom is -0.460 e. The molecule has 0 aliphatic carbocycles. The van der Waals surface area contributed by atoms with E-state index < -0.39 is 0 Å². The molecule has 5 nitrogen and oxygen atoms in total. The maximum atomic E-state index is 11.5. The third-order valence-electron chi connectivity index (χ3n) is 2.87. The van der Waals surface area contributed by atoms with Gasteiger partial charge in [-0.05, 0) is 39.1 Å². The van der Waals surface area contributed by atoms with Gasteiger partial charge >= 0.3 is 5.97 Å². The van der Waals surface area contributed by atoms with Gasteiger partial charge in [-0.2, -0.15) is 0 Å². The Bertz CT molecular complexity index is 305. The summed E-state index contributed by atoms with van der Waals surface area (Å²) in [6.45, 7) is 6.30. The van der Waals surface area contributed by atoms with Crippen LogP contribution < -0.4 is 0 Å². The fraction of sp³-hybridized carbons (Fsp3) is 0.933. The first-order valence-corrected chi connectivity index (χ1v) is 7.68. The zero-order valence-corrected chi connectivity index (χ0v) is 13.2. The zero-order valence-electron chi connectivity index (χ0n) is 13.2. The number of hydrogen-bond donors (Lipinski definition) is 0.